The highest BCUT2D eigenvalue weighted by molar-refractivity contribution is 9.10. The summed E-state index contributed by atoms with van der Waals surface area (Å²) in [5.74, 6) is -0.182. The number of carbonyl (C=O) groups is 1. The van der Waals surface area contributed by atoms with Gasteiger partial charge in [0.1, 0.15) is 0 Å². The van der Waals surface area contributed by atoms with Gasteiger partial charge in [-0.25, -0.2) is 0 Å². The van der Waals surface area contributed by atoms with Crippen LogP contribution in [-0.2, 0) is 6.54 Å². The van der Waals surface area contributed by atoms with Gasteiger partial charge in [0.2, 0.25) is 0 Å². The lowest BCUT2D eigenvalue weighted by Gasteiger charge is -2.10. The Morgan fingerprint density at radius 2 is 1.96 bits per heavy atom. The Balaban J connectivity index is 1.53. The molecule has 2 aromatic carbocycles. The molecular formula is C20H14BrClN4O. The molecule has 0 aliphatic heterocycles. The van der Waals surface area contributed by atoms with E-state index in [0.29, 0.717) is 22.8 Å². The van der Waals surface area contributed by atoms with Crippen LogP contribution in [0.15, 0.2) is 71.6 Å². The molecule has 0 fully saturated rings. The number of carbonyl (C=O) groups excluding carboxylic acids is 1. The molecule has 2 aromatic heterocycles. The van der Waals surface area contributed by atoms with E-state index in [1.54, 1.807) is 35.4 Å². The Morgan fingerprint density at radius 3 is 2.70 bits per heavy atom. The SMILES string of the molecule is O=C(Nc1ccc(Br)c2cccnc12)c1ccc(Cn2cc(Cl)cn2)cc1. The van der Waals surface area contributed by atoms with Gasteiger partial charge in [0.15, 0.2) is 0 Å². The Bertz CT molecular complexity index is 1120. The fourth-order valence-corrected chi connectivity index (χ4v) is 3.42. The molecule has 4 rings (SSSR count). The number of pyridine rings is 1. The molecule has 0 aliphatic carbocycles. The first-order chi connectivity index (χ1) is 13.1. The molecule has 0 unspecified atom stereocenters. The summed E-state index contributed by atoms with van der Waals surface area (Å²) in [5.41, 5.74) is 3.02. The van der Waals surface area contributed by atoms with Gasteiger partial charge in [0.25, 0.3) is 5.91 Å². The molecule has 0 saturated heterocycles. The van der Waals surface area contributed by atoms with Crippen LogP contribution in [0.1, 0.15) is 15.9 Å². The summed E-state index contributed by atoms with van der Waals surface area (Å²) in [6.07, 6.45) is 5.06. The van der Waals surface area contributed by atoms with Gasteiger partial charge in [-0.05, 0) is 35.9 Å². The third-order valence-corrected chi connectivity index (χ3v) is 5.01. The lowest BCUT2D eigenvalue weighted by molar-refractivity contribution is 0.102. The zero-order valence-corrected chi connectivity index (χ0v) is 16.4. The monoisotopic (exact) mass is 440 g/mol. The summed E-state index contributed by atoms with van der Waals surface area (Å²) in [6.45, 7) is 0.593. The van der Waals surface area contributed by atoms with Crippen LogP contribution in [0.3, 0.4) is 0 Å². The van der Waals surface area contributed by atoms with Crippen molar-refractivity contribution in [2.24, 2.45) is 0 Å². The number of amides is 1. The third-order valence-electron chi connectivity index (χ3n) is 4.13. The maximum Gasteiger partial charge on any atom is 0.255 e. The van der Waals surface area contributed by atoms with Crippen molar-refractivity contribution in [3.63, 3.8) is 0 Å². The second-order valence-corrected chi connectivity index (χ2v) is 7.29. The molecule has 1 amide bonds. The number of hydrogen-bond donors (Lipinski definition) is 1. The Labute approximate surface area is 169 Å². The molecule has 1 N–H and O–H groups in total. The van der Waals surface area contributed by atoms with Gasteiger partial charge in [0.05, 0.1) is 29.0 Å². The van der Waals surface area contributed by atoms with Crippen LogP contribution in [0.25, 0.3) is 10.9 Å². The molecule has 0 saturated carbocycles. The Morgan fingerprint density at radius 1 is 1.15 bits per heavy atom. The molecule has 0 aliphatic rings. The zero-order valence-electron chi connectivity index (χ0n) is 14.1. The number of aromatic nitrogens is 3. The van der Waals surface area contributed by atoms with Crippen molar-refractivity contribution in [1.82, 2.24) is 14.8 Å². The summed E-state index contributed by atoms with van der Waals surface area (Å²) in [7, 11) is 0. The number of nitrogens with one attached hydrogen (secondary N) is 1. The van der Waals surface area contributed by atoms with Gasteiger partial charge in [-0.1, -0.05) is 45.7 Å². The second kappa shape index (κ2) is 7.50. The summed E-state index contributed by atoms with van der Waals surface area (Å²) in [5, 5.41) is 8.64. The van der Waals surface area contributed by atoms with E-state index < -0.39 is 0 Å². The average molecular weight is 442 g/mol. The standard InChI is InChI=1S/C20H14BrClN4O/c21-17-7-8-18(19-16(17)2-1-9-23-19)25-20(27)14-5-3-13(4-6-14)11-26-12-15(22)10-24-26/h1-10,12H,11H2,(H,25,27). The van der Waals surface area contributed by atoms with Crippen molar-refractivity contribution in [3.05, 3.63) is 87.7 Å². The quantitative estimate of drug-likeness (QED) is 0.476. The third kappa shape index (κ3) is 3.86. The minimum atomic E-state index is -0.182. The molecular weight excluding hydrogens is 428 g/mol. The summed E-state index contributed by atoms with van der Waals surface area (Å²) in [6, 6.07) is 15.0. The number of halogens is 2. The van der Waals surface area contributed by atoms with E-state index in [1.165, 1.54) is 0 Å². The summed E-state index contributed by atoms with van der Waals surface area (Å²) >= 11 is 9.39. The van der Waals surface area contributed by atoms with E-state index in [0.717, 1.165) is 20.9 Å². The Hall–Kier alpha value is -2.70. The van der Waals surface area contributed by atoms with Crippen LogP contribution in [0.4, 0.5) is 5.69 Å². The van der Waals surface area contributed by atoms with E-state index in [9.17, 15) is 4.79 Å². The lowest BCUT2D eigenvalue weighted by atomic mass is 10.1. The normalized spacial score (nSPS) is 10.9. The maximum absolute atomic E-state index is 12.6. The highest BCUT2D eigenvalue weighted by Gasteiger charge is 2.11. The van der Waals surface area contributed by atoms with Gasteiger partial charge in [0, 0.05) is 27.8 Å². The smallest absolute Gasteiger partial charge is 0.255 e. The lowest BCUT2D eigenvalue weighted by Crippen LogP contribution is -2.12. The Kier molecular flexibility index (Phi) is 4.92. The second-order valence-electron chi connectivity index (χ2n) is 6.00. The van der Waals surface area contributed by atoms with Crippen LogP contribution in [0, 0.1) is 0 Å². The van der Waals surface area contributed by atoms with Crippen molar-refractivity contribution < 1.29 is 4.79 Å². The largest absolute Gasteiger partial charge is 0.320 e. The predicted molar refractivity (Wildman–Crippen MR) is 110 cm³/mol. The highest BCUT2D eigenvalue weighted by Crippen LogP contribution is 2.28. The van der Waals surface area contributed by atoms with Gasteiger partial charge in [-0.3, -0.25) is 14.5 Å². The topological polar surface area (TPSA) is 59.8 Å². The van der Waals surface area contributed by atoms with Crippen molar-refractivity contribution in [2.75, 3.05) is 5.32 Å². The fraction of sp³-hybridized carbons (Fsp3) is 0.0500. The van der Waals surface area contributed by atoms with E-state index >= 15 is 0 Å². The maximum atomic E-state index is 12.6. The van der Waals surface area contributed by atoms with Crippen LogP contribution < -0.4 is 5.32 Å². The van der Waals surface area contributed by atoms with Crippen molar-refractivity contribution >= 4 is 50.0 Å². The average Bonchev–Trinajstić information content (AvgIpc) is 3.09. The first-order valence-electron chi connectivity index (χ1n) is 8.21. The molecule has 0 atom stereocenters. The predicted octanol–water partition coefficient (Wildman–Crippen LogP) is 5.15. The minimum Gasteiger partial charge on any atom is -0.320 e. The molecule has 0 spiro atoms. The van der Waals surface area contributed by atoms with E-state index in [1.807, 2.05) is 36.4 Å². The van der Waals surface area contributed by atoms with Crippen LogP contribution >= 0.6 is 27.5 Å². The minimum absolute atomic E-state index is 0.182. The van der Waals surface area contributed by atoms with Gasteiger partial charge in [-0.15, -0.1) is 0 Å². The first-order valence-corrected chi connectivity index (χ1v) is 9.39. The summed E-state index contributed by atoms with van der Waals surface area (Å²) in [4.78, 5) is 17.0. The molecule has 0 radical (unpaired) electrons. The van der Waals surface area contributed by atoms with Crippen LogP contribution in [0.2, 0.25) is 5.02 Å². The number of benzene rings is 2. The molecule has 4 aromatic rings. The van der Waals surface area contributed by atoms with Crippen molar-refractivity contribution in [2.45, 2.75) is 6.54 Å². The zero-order chi connectivity index (χ0) is 18.8. The molecule has 7 heteroatoms. The van der Waals surface area contributed by atoms with E-state index in [4.69, 9.17) is 11.6 Å². The van der Waals surface area contributed by atoms with Crippen LogP contribution in [0.5, 0.6) is 0 Å². The molecule has 2 heterocycles. The first kappa shape index (κ1) is 17.7. The number of nitrogens with zero attached hydrogens (tertiary/aromatic N) is 3. The number of hydrogen-bond acceptors (Lipinski definition) is 3. The van der Waals surface area contributed by atoms with Gasteiger partial charge < -0.3 is 5.32 Å². The van der Waals surface area contributed by atoms with Crippen molar-refractivity contribution in [1.29, 1.82) is 0 Å². The number of rotatable bonds is 4. The number of fused-ring (bicyclic) bond motifs is 1. The molecule has 134 valence electrons. The van der Waals surface area contributed by atoms with E-state index in [-0.39, 0.29) is 5.91 Å². The van der Waals surface area contributed by atoms with Gasteiger partial charge >= 0.3 is 0 Å². The van der Waals surface area contributed by atoms with Crippen LogP contribution in [-0.4, -0.2) is 20.7 Å². The molecule has 5 nitrogen and oxygen atoms in total. The molecule has 0 bridgehead atoms. The fourth-order valence-electron chi connectivity index (χ4n) is 2.81. The highest BCUT2D eigenvalue weighted by atomic mass is 79.9. The summed E-state index contributed by atoms with van der Waals surface area (Å²) < 4.78 is 2.68. The number of anilines is 1. The van der Waals surface area contributed by atoms with Crippen molar-refractivity contribution in [3.8, 4) is 0 Å². The van der Waals surface area contributed by atoms with E-state index in [2.05, 4.69) is 31.3 Å². The molecule has 27 heavy (non-hydrogen) atoms. The van der Waals surface area contributed by atoms with Gasteiger partial charge in [-0.2, -0.15) is 5.10 Å².